The molecule has 0 unspecified atom stereocenters. The van der Waals surface area contributed by atoms with E-state index in [-0.39, 0.29) is 40.0 Å². The van der Waals surface area contributed by atoms with Crippen molar-refractivity contribution < 1.29 is 18.8 Å². The van der Waals surface area contributed by atoms with E-state index in [9.17, 15) is 18.8 Å². The molecule has 2 atom stereocenters. The van der Waals surface area contributed by atoms with E-state index in [1.807, 2.05) is 18.2 Å². The Labute approximate surface area is 198 Å². The van der Waals surface area contributed by atoms with Crippen LogP contribution < -0.4 is 0 Å². The summed E-state index contributed by atoms with van der Waals surface area (Å²) in [7, 11) is 0. The average molecular weight is 473 g/mol. The van der Waals surface area contributed by atoms with Crippen LogP contribution in [0, 0.1) is 17.7 Å². The number of carbonyl (C=O) groups excluding carboxylic acids is 3. The van der Waals surface area contributed by atoms with E-state index in [4.69, 9.17) is 0 Å². The maximum Gasteiger partial charge on any atom is 0.295 e. The zero-order chi connectivity index (χ0) is 24.1. The summed E-state index contributed by atoms with van der Waals surface area (Å²) in [5.41, 5.74) is 0.804. The second-order valence-electron chi connectivity index (χ2n) is 8.84. The van der Waals surface area contributed by atoms with Crippen LogP contribution in [-0.2, 0) is 4.79 Å². The lowest BCUT2D eigenvalue weighted by molar-refractivity contribution is -0.125. The molecule has 0 aliphatic carbocycles. The number of fused-ring (bicyclic) bond motifs is 2. The Morgan fingerprint density at radius 3 is 2.29 bits per heavy atom. The van der Waals surface area contributed by atoms with Crippen LogP contribution in [0.5, 0.6) is 0 Å². The topological polar surface area (TPSA) is 117 Å². The lowest BCUT2D eigenvalue weighted by Crippen LogP contribution is -2.38. The molecule has 10 nitrogen and oxygen atoms in total. The number of ketones is 1. The molecular weight excluding hydrogens is 453 g/mol. The summed E-state index contributed by atoms with van der Waals surface area (Å²) in [5.74, 6) is -1.81. The molecule has 35 heavy (non-hydrogen) atoms. The average Bonchev–Trinajstić information content (AvgIpc) is 3.67. The second-order valence-corrected chi connectivity index (χ2v) is 8.84. The summed E-state index contributed by atoms with van der Waals surface area (Å²) in [6, 6.07) is 9.09. The van der Waals surface area contributed by atoms with Crippen LogP contribution >= 0.6 is 0 Å². The van der Waals surface area contributed by atoms with Gasteiger partial charge in [0, 0.05) is 49.8 Å². The second kappa shape index (κ2) is 8.12. The molecule has 176 valence electrons. The zero-order valence-corrected chi connectivity index (χ0v) is 18.5. The highest BCUT2D eigenvalue weighted by Crippen LogP contribution is 2.33. The molecule has 1 aromatic carbocycles. The summed E-state index contributed by atoms with van der Waals surface area (Å²) in [4.78, 5) is 50.4. The Kier molecular flexibility index (Phi) is 4.90. The van der Waals surface area contributed by atoms with E-state index >= 15 is 0 Å². The molecule has 0 radical (unpaired) electrons. The number of pyridine rings is 1. The molecule has 2 saturated heterocycles. The van der Waals surface area contributed by atoms with E-state index in [2.05, 4.69) is 20.2 Å². The molecular formula is C24H20FN7O3. The molecule has 5 heterocycles. The Hall–Kier alpha value is -4.41. The molecule has 1 N–H and O–H groups in total. The van der Waals surface area contributed by atoms with Gasteiger partial charge < -0.3 is 14.8 Å². The summed E-state index contributed by atoms with van der Waals surface area (Å²) < 4.78 is 14.7. The predicted octanol–water partition coefficient (Wildman–Crippen LogP) is 1.70. The molecule has 11 heteroatoms. The van der Waals surface area contributed by atoms with Gasteiger partial charge in [-0.3, -0.25) is 14.4 Å². The number of halogens is 1. The van der Waals surface area contributed by atoms with Crippen molar-refractivity contribution in [1.82, 2.24) is 34.8 Å². The van der Waals surface area contributed by atoms with Gasteiger partial charge >= 0.3 is 0 Å². The number of likely N-dealkylation sites (tertiary alicyclic amines) is 2. The maximum atomic E-state index is 14.7. The fourth-order valence-corrected chi connectivity index (χ4v) is 5.10. The first-order valence-electron chi connectivity index (χ1n) is 11.2. The molecule has 2 aliphatic heterocycles. The third-order valence-electron chi connectivity index (χ3n) is 6.77. The number of rotatable bonds is 4. The van der Waals surface area contributed by atoms with Crippen molar-refractivity contribution in [1.29, 1.82) is 0 Å². The highest BCUT2D eigenvalue weighted by Gasteiger charge is 2.44. The fraction of sp³-hybridized carbons (Fsp3) is 0.250. The minimum absolute atomic E-state index is 0.0234. The first-order valence-corrected chi connectivity index (χ1v) is 11.2. The zero-order valence-electron chi connectivity index (χ0n) is 18.5. The van der Waals surface area contributed by atoms with Crippen molar-refractivity contribution in [3.8, 4) is 5.82 Å². The molecule has 3 aromatic heterocycles. The Morgan fingerprint density at radius 2 is 1.60 bits per heavy atom. The fourth-order valence-electron chi connectivity index (χ4n) is 5.10. The molecule has 2 aliphatic rings. The van der Waals surface area contributed by atoms with Crippen LogP contribution in [0.1, 0.15) is 20.7 Å². The SMILES string of the molecule is O=C(C(=O)N1C[C@@H]2CN(C(=O)c3ccccc3)C[C@@H]2C1)c1c[nH]c2c(-n3nccn3)ncc(F)c12. The maximum absolute atomic E-state index is 14.7. The molecule has 0 spiro atoms. The van der Waals surface area contributed by atoms with Crippen molar-refractivity contribution in [2.45, 2.75) is 0 Å². The van der Waals surface area contributed by atoms with Crippen molar-refractivity contribution in [3.05, 3.63) is 72.1 Å². The van der Waals surface area contributed by atoms with E-state index in [0.29, 0.717) is 31.7 Å². The number of aromatic amines is 1. The number of nitrogens with zero attached hydrogens (tertiary/aromatic N) is 6. The third-order valence-corrected chi connectivity index (χ3v) is 6.77. The van der Waals surface area contributed by atoms with Crippen LogP contribution in [0.15, 0.2) is 55.1 Å². The lowest BCUT2D eigenvalue weighted by atomic mass is 10.0. The Morgan fingerprint density at radius 1 is 0.943 bits per heavy atom. The van der Waals surface area contributed by atoms with E-state index in [1.54, 1.807) is 17.0 Å². The highest BCUT2D eigenvalue weighted by molar-refractivity contribution is 6.45. The van der Waals surface area contributed by atoms with Gasteiger partial charge in [0.25, 0.3) is 17.6 Å². The summed E-state index contributed by atoms with van der Waals surface area (Å²) in [6.45, 7) is 1.82. The standard InChI is InChI=1S/C24H20FN7O3/c25-18-9-27-22(32-28-6-7-29-32)20-19(18)17(8-26-20)21(33)24(35)31-12-15-10-30(11-16(15)13-31)23(34)14-4-2-1-3-5-14/h1-9,15-16,26H,10-13H2/t15-,16+. The Bertz CT molecular complexity index is 1440. The van der Waals surface area contributed by atoms with Gasteiger partial charge in [0.15, 0.2) is 11.6 Å². The summed E-state index contributed by atoms with van der Waals surface area (Å²) in [6.07, 6.45) is 5.21. The van der Waals surface area contributed by atoms with Crippen molar-refractivity contribution in [3.63, 3.8) is 0 Å². The quantitative estimate of drug-likeness (QED) is 0.356. The minimum Gasteiger partial charge on any atom is -0.357 e. The van der Waals surface area contributed by atoms with Gasteiger partial charge in [-0.1, -0.05) is 18.2 Å². The number of hydrogen-bond acceptors (Lipinski definition) is 6. The first kappa shape index (κ1) is 21.1. The number of aromatic nitrogens is 5. The van der Waals surface area contributed by atoms with E-state index in [1.165, 1.54) is 28.3 Å². The van der Waals surface area contributed by atoms with E-state index in [0.717, 1.165) is 6.20 Å². The molecule has 2 amide bonds. The largest absolute Gasteiger partial charge is 0.357 e. The van der Waals surface area contributed by atoms with Gasteiger partial charge in [-0.15, -0.1) is 4.80 Å². The highest BCUT2D eigenvalue weighted by atomic mass is 19.1. The third kappa shape index (κ3) is 3.47. The monoisotopic (exact) mass is 473 g/mol. The van der Waals surface area contributed by atoms with Crippen molar-refractivity contribution >= 4 is 28.5 Å². The summed E-state index contributed by atoms with van der Waals surface area (Å²) in [5, 5.41) is 7.98. The summed E-state index contributed by atoms with van der Waals surface area (Å²) >= 11 is 0. The number of amides is 2. The van der Waals surface area contributed by atoms with E-state index < -0.39 is 17.5 Å². The minimum atomic E-state index is -0.794. The van der Waals surface area contributed by atoms with Crippen LogP contribution in [0.25, 0.3) is 16.7 Å². The number of benzene rings is 1. The molecule has 2 fully saturated rings. The van der Waals surface area contributed by atoms with Gasteiger partial charge in [0.2, 0.25) is 0 Å². The van der Waals surface area contributed by atoms with Crippen LogP contribution in [-0.4, -0.2) is 78.5 Å². The Balaban J connectivity index is 1.19. The van der Waals surface area contributed by atoms with Crippen molar-refractivity contribution in [2.24, 2.45) is 11.8 Å². The van der Waals surface area contributed by atoms with Crippen LogP contribution in [0.3, 0.4) is 0 Å². The van der Waals surface area contributed by atoms with Crippen molar-refractivity contribution in [2.75, 3.05) is 26.2 Å². The van der Waals surface area contributed by atoms with Crippen LogP contribution in [0.4, 0.5) is 4.39 Å². The normalized spacial score (nSPS) is 19.3. The number of nitrogens with one attached hydrogen (secondary N) is 1. The van der Waals surface area contributed by atoms with Gasteiger partial charge in [-0.2, -0.15) is 10.2 Å². The van der Waals surface area contributed by atoms with Gasteiger partial charge in [0.1, 0.15) is 0 Å². The number of hydrogen-bond donors (Lipinski definition) is 1. The molecule has 6 rings (SSSR count). The first-order chi connectivity index (χ1) is 17.0. The molecule has 4 aromatic rings. The number of carbonyl (C=O) groups is 3. The smallest absolute Gasteiger partial charge is 0.295 e. The number of Topliss-reactive ketones (excluding diaryl/α,β-unsaturated/α-hetero) is 1. The van der Waals surface area contributed by atoms with Gasteiger partial charge in [-0.05, 0) is 12.1 Å². The lowest BCUT2D eigenvalue weighted by Gasteiger charge is -2.21. The molecule has 0 saturated carbocycles. The van der Waals surface area contributed by atoms with Gasteiger partial charge in [-0.25, -0.2) is 9.37 Å². The number of H-pyrrole nitrogens is 1. The predicted molar refractivity (Wildman–Crippen MR) is 121 cm³/mol. The molecule has 0 bridgehead atoms. The van der Waals surface area contributed by atoms with Gasteiger partial charge in [0.05, 0.1) is 35.1 Å². The van der Waals surface area contributed by atoms with Crippen LogP contribution in [0.2, 0.25) is 0 Å².